The molecule has 1 atom stereocenters. The summed E-state index contributed by atoms with van der Waals surface area (Å²) in [7, 11) is -3.22. The second-order valence-corrected chi connectivity index (χ2v) is 8.60. The molecule has 0 saturated heterocycles. The van der Waals surface area contributed by atoms with Gasteiger partial charge in [-0.05, 0) is 43.2 Å². The molecule has 3 rings (SSSR count). The number of fused-ring (bicyclic) bond motifs is 1. The van der Waals surface area contributed by atoms with E-state index >= 15 is 0 Å². The van der Waals surface area contributed by atoms with Crippen molar-refractivity contribution in [2.45, 2.75) is 31.2 Å². The quantitative estimate of drug-likeness (QED) is 0.723. The van der Waals surface area contributed by atoms with Gasteiger partial charge in [0.1, 0.15) is 0 Å². The first-order chi connectivity index (χ1) is 12.3. The fourth-order valence-electron chi connectivity index (χ4n) is 3.10. The van der Waals surface area contributed by atoms with Crippen LogP contribution in [0.5, 0.6) is 0 Å². The Balaban J connectivity index is 1.72. The molecular weight excluding hydrogens is 348 g/mol. The summed E-state index contributed by atoms with van der Waals surface area (Å²) in [5.74, 6) is -0.0717. The molecule has 0 aliphatic rings. The lowest BCUT2D eigenvalue weighted by Crippen LogP contribution is -2.28. The number of amides is 1. The number of aromatic amines is 1. The summed E-state index contributed by atoms with van der Waals surface area (Å²) < 4.78 is 23.1. The number of aryl methyl sites for hydroxylation is 1. The van der Waals surface area contributed by atoms with Crippen molar-refractivity contribution in [3.63, 3.8) is 0 Å². The van der Waals surface area contributed by atoms with Gasteiger partial charge >= 0.3 is 0 Å². The Kier molecular flexibility index (Phi) is 4.87. The number of H-pyrrole nitrogens is 1. The van der Waals surface area contributed by atoms with Gasteiger partial charge in [0.15, 0.2) is 9.84 Å². The summed E-state index contributed by atoms with van der Waals surface area (Å²) in [6, 6.07) is 14.3. The van der Waals surface area contributed by atoms with Crippen molar-refractivity contribution in [1.29, 1.82) is 0 Å². The van der Waals surface area contributed by atoms with Crippen LogP contribution >= 0.6 is 0 Å². The summed E-state index contributed by atoms with van der Waals surface area (Å²) in [5, 5.41) is 4.04. The SMILES string of the molecule is Cc1[nH]c2ccccc2c1CC(=O)NC(C)c1ccc(S(C)(=O)=O)cc1. The largest absolute Gasteiger partial charge is 0.358 e. The Morgan fingerprint density at radius 2 is 1.77 bits per heavy atom. The molecule has 0 aliphatic heterocycles. The molecule has 136 valence electrons. The lowest BCUT2D eigenvalue weighted by Gasteiger charge is -2.15. The summed E-state index contributed by atoms with van der Waals surface area (Å²) in [4.78, 5) is 16.1. The first kappa shape index (κ1) is 18.2. The van der Waals surface area contributed by atoms with Crippen molar-refractivity contribution < 1.29 is 13.2 Å². The van der Waals surface area contributed by atoms with Crippen molar-refractivity contribution in [2.24, 2.45) is 0 Å². The Morgan fingerprint density at radius 1 is 1.12 bits per heavy atom. The van der Waals surface area contributed by atoms with E-state index in [0.717, 1.165) is 27.7 Å². The minimum absolute atomic E-state index is 0.0717. The fourth-order valence-corrected chi connectivity index (χ4v) is 3.73. The first-order valence-corrected chi connectivity index (χ1v) is 10.3. The number of rotatable bonds is 5. The normalized spacial score (nSPS) is 12.9. The number of para-hydroxylation sites is 1. The summed E-state index contributed by atoms with van der Waals surface area (Å²) in [5.41, 5.74) is 3.88. The molecule has 1 amide bonds. The lowest BCUT2D eigenvalue weighted by molar-refractivity contribution is -0.121. The fraction of sp³-hybridized carbons (Fsp3) is 0.250. The molecule has 3 aromatic rings. The van der Waals surface area contributed by atoms with Crippen molar-refractivity contribution in [3.8, 4) is 0 Å². The van der Waals surface area contributed by atoms with E-state index in [2.05, 4.69) is 10.3 Å². The summed E-state index contributed by atoms with van der Waals surface area (Å²) in [6.45, 7) is 3.85. The molecule has 0 aliphatic carbocycles. The van der Waals surface area contributed by atoms with Gasteiger partial charge in [0, 0.05) is 22.9 Å². The molecular formula is C20H22N2O3S. The molecule has 0 bridgehead atoms. The van der Waals surface area contributed by atoms with Crippen LogP contribution in [-0.4, -0.2) is 25.6 Å². The first-order valence-electron chi connectivity index (χ1n) is 8.41. The van der Waals surface area contributed by atoms with E-state index in [4.69, 9.17) is 0 Å². The molecule has 1 aromatic heterocycles. The molecule has 5 nitrogen and oxygen atoms in total. The highest BCUT2D eigenvalue weighted by atomic mass is 32.2. The second kappa shape index (κ2) is 6.96. The number of carbonyl (C=O) groups is 1. The molecule has 0 saturated carbocycles. The zero-order valence-corrected chi connectivity index (χ0v) is 15.9. The van der Waals surface area contributed by atoms with Crippen LogP contribution in [0.4, 0.5) is 0 Å². The van der Waals surface area contributed by atoms with E-state index in [1.165, 1.54) is 6.26 Å². The monoisotopic (exact) mass is 370 g/mol. The Bertz CT molecular complexity index is 1050. The number of hydrogen-bond acceptors (Lipinski definition) is 3. The third kappa shape index (κ3) is 3.80. The Labute approximate surface area is 153 Å². The minimum atomic E-state index is -3.22. The lowest BCUT2D eigenvalue weighted by atomic mass is 10.1. The smallest absolute Gasteiger partial charge is 0.224 e. The molecule has 0 spiro atoms. The maximum atomic E-state index is 12.5. The zero-order chi connectivity index (χ0) is 18.9. The maximum absolute atomic E-state index is 12.5. The topological polar surface area (TPSA) is 79.0 Å². The molecule has 6 heteroatoms. The van der Waals surface area contributed by atoms with Gasteiger partial charge < -0.3 is 10.3 Å². The van der Waals surface area contributed by atoms with E-state index in [1.54, 1.807) is 24.3 Å². The molecule has 2 aromatic carbocycles. The van der Waals surface area contributed by atoms with Crippen molar-refractivity contribution in [1.82, 2.24) is 10.3 Å². The van der Waals surface area contributed by atoms with Gasteiger partial charge in [-0.1, -0.05) is 30.3 Å². The summed E-state index contributed by atoms with van der Waals surface area (Å²) >= 11 is 0. The highest BCUT2D eigenvalue weighted by molar-refractivity contribution is 7.90. The Morgan fingerprint density at radius 3 is 2.42 bits per heavy atom. The van der Waals surface area contributed by atoms with Crippen LogP contribution in [0.25, 0.3) is 10.9 Å². The maximum Gasteiger partial charge on any atom is 0.224 e. The zero-order valence-electron chi connectivity index (χ0n) is 15.0. The van der Waals surface area contributed by atoms with Crippen LogP contribution in [0.3, 0.4) is 0 Å². The van der Waals surface area contributed by atoms with Crippen molar-refractivity contribution >= 4 is 26.6 Å². The van der Waals surface area contributed by atoms with Gasteiger partial charge in [-0.3, -0.25) is 4.79 Å². The number of hydrogen-bond donors (Lipinski definition) is 2. The molecule has 0 radical (unpaired) electrons. The number of carbonyl (C=O) groups excluding carboxylic acids is 1. The van der Waals surface area contributed by atoms with E-state index in [9.17, 15) is 13.2 Å². The van der Waals surface area contributed by atoms with Crippen LogP contribution in [0.1, 0.15) is 29.8 Å². The molecule has 26 heavy (non-hydrogen) atoms. The average Bonchev–Trinajstić information content (AvgIpc) is 2.90. The van der Waals surface area contributed by atoms with E-state index in [0.29, 0.717) is 6.42 Å². The summed E-state index contributed by atoms with van der Waals surface area (Å²) in [6.07, 6.45) is 1.47. The van der Waals surface area contributed by atoms with Gasteiger partial charge in [0.05, 0.1) is 17.4 Å². The van der Waals surface area contributed by atoms with Gasteiger partial charge in [0.25, 0.3) is 0 Å². The highest BCUT2D eigenvalue weighted by Gasteiger charge is 2.15. The van der Waals surface area contributed by atoms with E-state index in [1.807, 2.05) is 38.1 Å². The van der Waals surface area contributed by atoms with E-state index in [-0.39, 0.29) is 16.8 Å². The van der Waals surface area contributed by atoms with Crippen LogP contribution < -0.4 is 5.32 Å². The number of benzene rings is 2. The van der Waals surface area contributed by atoms with Gasteiger partial charge in [-0.2, -0.15) is 0 Å². The predicted octanol–water partition coefficient (Wildman–Crippen LogP) is 3.30. The molecule has 1 unspecified atom stereocenters. The third-order valence-electron chi connectivity index (χ3n) is 4.55. The molecule has 2 N–H and O–H groups in total. The van der Waals surface area contributed by atoms with Gasteiger partial charge in [-0.25, -0.2) is 8.42 Å². The second-order valence-electron chi connectivity index (χ2n) is 6.58. The van der Waals surface area contributed by atoms with Crippen LogP contribution in [-0.2, 0) is 21.1 Å². The van der Waals surface area contributed by atoms with Crippen molar-refractivity contribution in [2.75, 3.05) is 6.26 Å². The number of nitrogens with one attached hydrogen (secondary N) is 2. The minimum Gasteiger partial charge on any atom is -0.358 e. The number of sulfone groups is 1. The van der Waals surface area contributed by atoms with Crippen LogP contribution in [0, 0.1) is 6.92 Å². The van der Waals surface area contributed by atoms with Crippen LogP contribution in [0.2, 0.25) is 0 Å². The Hall–Kier alpha value is -2.60. The van der Waals surface area contributed by atoms with E-state index < -0.39 is 9.84 Å². The number of aromatic nitrogens is 1. The standard InChI is InChI=1S/C20H22N2O3S/c1-13(15-8-10-16(11-9-15)26(3,24)25)22-20(23)12-18-14(2)21-19-7-5-4-6-17(18)19/h4-11,13,21H,12H2,1-3H3,(H,22,23). The highest BCUT2D eigenvalue weighted by Crippen LogP contribution is 2.23. The third-order valence-corrected chi connectivity index (χ3v) is 5.68. The molecule has 0 fully saturated rings. The van der Waals surface area contributed by atoms with Gasteiger partial charge in [0.2, 0.25) is 5.91 Å². The van der Waals surface area contributed by atoms with Crippen LogP contribution in [0.15, 0.2) is 53.4 Å². The average molecular weight is 370 g/mol. The van der Waals surface area contributed by atoms with Crippen molar-refractivity contribution in [3.05, 3.63) is 65.4 Å². The molecule has 1 heterocycles. The van der Waals surface area contributed by atoms with Gasteiger partial charge in [-0.15, -0.1) is 0 Å². The predicted molar refractivity (Wildman–Crippen MR) is 103 cm³/mol.